The van der Waals surface area contributed by atoms with Crippen molar-refractivity contribution in [3.8, 4) is 0 Å². The van der Waals surface area contributed by atoms with Gasteiger partial charge in [0.1, 0.15) is 5.82 Å². The standard InChI is InChI=1S/C20H22FN3O2/c1-14(25)22-19-12-17(9-10-18(19)21)23-20(26)24-11-5-8-16(13-24)15-6-3-2-4-7-15/h2-4,6-7,9-10,12,16H,5,8,11,13H2,1H3,(H,22,25)(H,23,26)/t16-/m0/s1. The molecule has 0 radical (unpaired) electrons. The fraction of sp³-hybridized carbons (Fsp3) is 0.300. The third-order valence-corrected chi connectivity index (χ3v) is 4.51. The molecule has 0 bridgehead atoms. The van der Waals surface area contributed by atoms with Crippen LogP contribution in [0.2, 0.25) is 0 Å². The maximum atomic E-state index is 13.7. The third-order valence-electron chi connectivity index (χ3n) is 4.51. The zero-order valence-corrected chi connectivity index (χ0v) is 14.7. The second-order valence-corrected chi connectivity index (χ2v) is 6.50. The van der Waals surface area contributed by atoms with E-state index >= 15 is 0 Å². The Morgan fingerprint density at radius 3 is 2.62 bits per heavy atom. The van der Waals surface area contributed by atoms with E-state index in [1.165, 1.54) is 30.7 Å². The number of carbonyl (C=O) groups excluding carboxylic acids is 2. The van der Waals surface area contributed by atoms with Crippen molar-refractivity contribution in [3.63, 3.8) is 0 Å². The first kappa shape index (κ1) is 17.9. The Labute approximate surface area is 152 Å². The number of carbonyl (C=O) groups is 2. The topological polar surface area (TPSA) is 61.4 Å². The van der Waals surface area contributed by atoms with Crippen LogP contribution in [0, 0.1) is 5.82 Å². The molecule has 1 heterocycles. The average molecular weight is 355 g/mol. The second kappa shape index (κ2) is 7.99. The number of nitrogens with zero attached hydrogens (tertiary/aromatic N) is 1. The molecule has 0 aliphatic carbocycles. The first-order valence-corrected chi connectivity index (χ1v) is 8.71. The summed E-state index contributed by atoms with van der Waals surface area (Å²) < 4.78 is 13.7. The van der Waals surface area contributed by atoms with Gasteiger partial charge in [0.2, 0.25) is 5.91 Å². The molecule has 2 aromatic carbocycles. The van der Waals surface area contributed by atoms with Crippen LogP contribution in [0.25, 0.3) is 0 Å². The highest BCUT2D eigenvalue weighted by atomic mass is 19.1. The number of benzene rings is 2. The van der Waals surface area contributed by atoms with Crippen molar-refractivity contribution in [2.24, 2.45) is 0 Å². The van der Waals surface area contributed by atoms with Crippen molar-refractivity contribution in [2.75, 3.05) is 23.7 Å². The fourth-order valence-corrected chi connectivity index (χ4v) is 3.25. The molecular formula is C20H22FN3O2. The first-order chi connectivity index (χ1) is 12.5. The van der Waals surface area contributed by atoms with Crippen LogP contribution >= 0.6 is 0 Å². The summed E-state index contributed by atoms with van der Waals surface area (Å²) in [6.45, 7) is 2.65. The van der Waals surface area contributed by atoms with Gasteiger partial charge < -0.3 is 15.5 Å². The minimum atomic E-state index is -0.541. The second-order valence-electron chi connectivity index (χ2n) is 6.50. The monoisotopic (exact) mass is 355 g/mol. The van der Waals surface area contributed by atoms with Crippen LogP contribution in [0.15, 0.2) is 48.5 Å². The predicted molar refractivity (Wildman–Crippen MR) is 99.7 cm³/mol. The van der Waals surface area contributed by atoms with Crippen molar-refractivity contribution in [1.29, 1.82) is 0 Å². The number of amides is 3. The molecule has 1 fully saturated rings. The van der Waals surface area contributed by atoms with E-state index < -0.39 is 5.82 Å². The van der Waals surface area contributed by atoms with Crippen molar-refractivity contribution < 1.29 is 14.0 Å². The minimum absolute atomic E-state index is 0.0520. The van der Waals surface area contributed by atoms with Crippen LogP contribution in [0.4, 0.5) is 20.6 Å². The van der Waals surface area contributed by atoms with Gasteiger partial charge in [-0.1, -0.05) is 30.3 Å². The van der Waals surface area contributed by atoms with Gasteiger partial charge in [-0.05, 0) is 36.6 Å². The van der Waals surface area contributed by atoms with Gasteiger partial charge in [-0.3, -0.25) is 4.79 Å². The number of rotatable bonds is 3. The summed E-state index contributed by atoms with van der Waals surface area (Å²) in [5, 5.41) is 5.21. The molecule has 1 aliphatic rings. The smallest absolute Gasteiger partial charge is 0.321 e. The molecule has 0 saturated carbocycles. The van der Waals surface area contributed by atoms with Crippen LogP contribution in [0.1, 0.15) is 31.2 Å². The van der Waals surface area contributed by atoms with Crippen LogP contribution in [-0.2, 0) is 4.79 Å². The van der Waals surface area contributed by atoms with Crippen molar-refractivity contribution in [2.45, 2.75) is 25.7 Å². The Morgan fingerprint density at radius 1 is 1.12 bits per heavy atom. The summed E-state index contributed by atoms with van der Waals surface area (Å²) in [4.78, 5) is 25.5. The van der Waals surface area contributed by atoms with E-state index in [1.54, 1.807) is 4.90 Å². The molecule has 26 heavy (non-hydrogen) atoms. The first-order valence-electron chi connectivity index (χ1n) is 8.71. The number of piperidine rings is 1. The predicted octanol–water partition coefficient (Wildman–Crippen LogP) is 4.20. The van der Waals surface area contributed by atoms with Crippen LogP contribution in [0.3, 0.4) is 0 Å². The Balaban J connectivity index is 1.67. The van der Waals surface area contributed by atoms with Crippen LogP contribution in [0.5, 0.6) is 0 Å². The highest BCUT2D eigenvalue weighted by Crippen LogP contribution is 2.27. The number of hydrogen-bond donors (Lipinski definition) is 2. The summed E-state index contributed by atoms with van der Waals surface area (Å²) in [6.07, 6.45) is 1.99. The van der Waals surface area contributed by atoms with E-state index in [4.69, 9.17) is 0 Å². The summed E-state index contributed by atoms with van der Waals surface area (Å²) >= 11 is 0. The normalized spacial score (nSPS) is 16.8. The summed E-state index contributed by atoms with van der Waals surface area (Å²) in [5.74, 6) is -0.590. The minimum Gasteiger partial charge on any atom is -0.324 e. The molecule has 2 aromatic rings. The van der Waals surface area contributed by atoms with Crippen molar-refractivity contribution >= 4 is 23.3 Å². The Morgan fingerprint density at radius 2 is 1.88 bits per heavy atom. The lowest BCUT2D eigenvalue weighted by Crippen LogP contribution is -2.41. The van der Waals surface area contributed by atoms with Gasteiger partial charge in [0.15, 0.2) is 0 Å². The molecule has 0 aromatic heterocycles. The molecule has 0 unspecified atom stereocenters. The van der Waals surface area contributed by atoms with E-state index in [-0.39, 0.29) is 17.6 Å². The van der Waals surface area contributed by atoms with Gasteiger partial charge in [0.25, 0.3) is 0 Å². The zero-order chi connectivity index (χ0) is 18.5. The van der Waals surface area contributed by atoms with Gasteiger partial charge in [-0.2, -0.15) is 0 Å². The quantitative estimate of drug-likeness (QED) is 0.867. The van der Waals surface area contributed by atoms with E-state index in [0.717, 1.165) is 12.8 Å². The number of urea groups is 1. The van der Waals surface area contributed by atoms with E-state index in [9.17, 15) is 14.0 Å². The molecule has 1 saturated heterocycles. The summed E-state index contributed by atoms with van der Waals surface area (Å²) in [5.41, 5.74) is 1.73. The molecule has 3 amide bonds. The lowest BCUT2D eigenvalue weighted by Gasteiger charge is -2.33. The average Bonchev–Trinajstić information content (AvgIpc) is 2.65. The molecule has 0 spiro atoms. The molecular weight excluding hydrogens is 333 g/mol. The third kappa shape index (κ3) is 4.39. The maximum absolute atomic E-state index is 13.7. The Kier molecular flexibility index (Phi) is 5.51. The van der Waals surface area contributed by atoms with Crippen LogP contribution in [-0.4, -0.2) is 29.9 Å². The number of nitrogens with one attached hydrogen (secondary N) is 2. The van der Waals surface area contributed by atoms with Gasteiger partial charge in [0.05, 0.1) is 5.69 Å². The summed E-state index contributed by atoms with van der Waals surface area (Å²) in [6, 6.07) is 14.1. The molecule has 6 heteroatoms. The van der Waals surface area contributed by atoms with E-state index in [2.05, 4.69) is 22.8 Å². The molecule has 1 atom stereocenters. The number of halogens is 1. The fourth-order valence-electron chi connectivity index (χ4n) is 3.25. The van der Waals surface area contributed by atoms with Gasteiger partial charge >= 0.3 is 6.03 Å². The van der Waals surface area contributed by atoms with E-state index in [0.29, 0.717) is 24.7 Å². The van der Waals surface area contributed by atoms with Gasteiger partial charge in [-0.25, -0.2) is 9.18 Å². The van der Waals surface area contributed by atoms with Gasteiger partial charge in [0, 0.05) is 31.6 Å². The van der Waals surface area contributed by atoms with E-state index in [1.807, 2.05) is 18.2 Å². The SMILES string of the molecule is CC(=O)Nc1cc(NC(=O)N2CCC[C@H](c3ccccc3)C2)ccc1F. The number of hydrogen-bond acceptors (Lipinski definition) is 2. The Bertz CT molecular complexity index is 795. The lowest BCUT2D eigenvalue weighted by molar-refractivity contribution is -0.114. The molecule has 2 N–H and O–H groups in total. The highest BCUT2D eigenvalue weighted by molar-refractivity contribution is 5.92. The largest absolute Gasteiger partial charge is 0.324 e. The maximum Gasteiger partial charge on any atom is 0.321 e. The van der Waals surface area contributed by atoms with Crippen molar-refractivity contribution in [1.82, 2.24) is 4.90 Å². The lowest BCUT2D eigenvalue weighted by atomic mass is 9.91. The highest BCUT2D eigenvalue weighted by Gasteiger charge is 2.24. The number of likely N-dealkylation sites (tertiary alicyclic amines) is 1. The zero-order valence-electron chi connectivity index (χ0n) is 14.7. The van der Waals surface area contributed by atoms with Crippen molar-refractivity contribution in [3.05, 3.63) is 59.9 Å². The molecule has 136 valence electrons. The van der Waals surface area contributed by atoms with Crippen LogP contribution < -0.4 is 10.6 Å². The molecule has 3 rings (SSSR count). The Hall–Kier alpha value is -2.89. The molecule has 1 aliphatic heterocycles. The number of anilines is 2. The molecule has 5 nitrogen and oxygen atoms in total. The van der Waals surface area contributed by atoms with Gasteiger partial charge in [-0.15, -0.1) is 0 Å². The summed E-state index contributed by atoms with van der Waals surface area (Å²) in [7, 11) is 0.